The Morgan fingerprint density at radius 1 is 1.19 bits per heavy atom. The van der Waals surface area contributed by atoms with Crippen molar-refractivity contribution in [3.05, 3.63) is 35.4 Å². The lowest BCUT2D eigenvalue weighted by molar-refractivity contribution is 0.288. The Kier molecular flexibility index (Phi) is 2.54. The molecule has 2 rings (SSSR count). The lowest BCUT2D eigenvalue weighted by atomic mass is 9.69. The Labute approximate surface area is 94.9 Å². The zero-order valence-corrected chi connectivity index (χ0v) is 9.90. The maximum absolute atomic E-state index is 13.8. The molecular formula is C13H17F2N. The van der Waals surface area contributed by atoms with Gasteiger partial charge in [-0.1, -0.05) is 13.0 Å². The van der Waals surface area contributed by atoms with Crippen LogP contribution in [0.4, 0.5) is 8.78 Å². The van der Waals surface area contributed by atoms with Crippen LogP contribution in [-0.2, 0) is 5.41 Å². The minimum Gasteiger partial charge on any atom is -0.311 e. The maximum Gasteiger partial charge on any atom is 0.129 e. The van der Waals surface area contributed by atoms with Gasteiger partial charge in [0.25, 0.3) is 0 Å². The first-order chi connectivity index (χ1) is 7.37. The van der Waals surface area contributed by atoms with Crippen molar-refractivity contribution in [3.8, 4) is 0 Å². The molecule has 1 nitrogen and oxygen atoms in total. The average Bonchev–Trinajstić information content (AvgIpc) is 2.41. The molecule has 1 aliphatic heterocycles. The molecule has 0 amide bonds. The number of hydrogen-bond acceptors (Lipinski definition) is 1. The molecule has 0 saturated carbocycles. The average molecular weight is 225 g/mol. The van der Waals surface area contributed by atoms with Crippen molar-refractivity contribution in [1.29, 1.82) is 0 Å². The highest BCUT2D eigenvalue weighted by Gasteiger charge is 2.47. The topological polar surface area (TPSA) is 12.0 Å². The summed E-state index contributed by atoms with van der Waals surface area (Å²) in [6.45, 7) is 7.01. The van der Waals surface area contributed by atoms with E-state index in [1.54, 1.807) is 6.07 Å². The van der Waals surface area contributed by atoms with Crippen molar-refractivity contribution in [2.45, 2.75) is 38.1 Å². The van der Waals surface area contributed by atoms with E-state index in [1.807, 2.05) is 6.92 Å². The third-order valence-corrected chi connectivity index (χ3v) is 4.10. The molecule has 1 fully saturated rings. The van der Waals surface area contributed by atoms with Gasteiger partial charge in [0.05, 0.1) is 0 Å². The van der Waals surface area contributed by atoms with E-state index in [-0.39, 0.29) is 11.0 Å². The first kappa shape index (κ1) is 11.5. The Morgan fingerprint density at radius 3 is 2.38 bits per heavy atom. The van der Waals surface area contributed by atoms with Crippen LogP contribution in [0.2, 0.25) is 0 Å². The van der Waals surface area contributed by atoms with E-state index < -0.39 is 11.6 Å². The molecule has 1 saturated heterocycles. The fourth-order valence-electron chi connectivity index (χ4n) is 2.54. The standard InChI is InChI=1S/C13H17F2N/c1-12(2)13(3,6-7-16-12)10-5-4-9(14)8-11(10)15/h4-5,8,16H,6-7H2,1-3H3. The summed E-state index contributed by atoms with van der Waals surface area (Å²) in [4.78, 5) is 0. The van der Waals surface area contributed by atoms with Gasteiger partial charge in [-0.2, -0.15) is 0 Å². The second kappa shape index (κ2) is 3.52. The Balaban J connectivity index is 2.51. The van der Waals surface area contributed by atoms with E-state index in [1.165, 1.54) is 6.07 Å². The van der Waals surface area contributed by atoms with E-state index in [0.29, 0.717) is 5.56 Å². The zero-order chi connectivity index (χ0) is 12.0. The van der Waals surface area contributed by atoms with Gasteiger partial charge in [0.2, 0.25) is 0 Å². The van der Waals surface area contributed by atoms with E-state index in [4.69, 9.17) is 0 Å². The molecule has 1 unspecified atom stereocenters. The van der Waals surface area contributed by atoms with E-state index in [2.05, 4.69) is 19.2 Å². The second-order valence-electron chi connectivity index (χ2n) is 5.26. The van der Waals surface area contributed by atoms with Crippen LogP contribution in [0, 0.1) is 11.6 Å². The van der Waals surface area contributed by atoms with Crippen LogP contribution >= 0.6 is 0 Å². The molecule has 0 aromatic heterocycles. The quantitative estimate of drug-likeness (QED) is 0.774. The minimum absolute atomic E-state index is 0.175. The third-order valence-electron chi connectivity index (χ3n) is 4.10. The van der Waals surface area contributed by atoms with E-state index in [0.717, 1.165) is 19.0 Å². The van der Waals surface area contributed by atoms with Crippen LogP contribution in [-0.4, -0.2) is 12.1 Å². The van der Waals surface area contributed by atoms with E-state index >= 15 is 0 Å². The molecule has 16 heavy (non-hydrogen) atoms. The molecular weight excluding hydrogens is 208 g/mol. The predicted octanol–water partition coefficient (Wildman–Crippen LogP) is 2.99. The lowest BCUT2D eigenvalue weighted by Gasteiger charge is -2.38. The summed E-state index contributed by atoms with van der Waals surface area (Å²) in [6.07, 6.45) is 0.864. The Bertz CT molecular complexity index is 414. The highest BCUT2D eigenvalue weighted by Crippen LogP contribution is 2.42. The molecule has 1 N–H and O–H groups in total. The lowest BCUT2D eigenvalue weighted by Crippen LogP contribution is -2.48. The van der Waals surface area contributed by atoms with Gasteiger partial charge in [-0.25, -0.2) is 8.78 Å². The van der Waals surface area contributed by atoms with Gasteiger partial charge in [-0.15, -0.1) is 0 Å². The number of rotatable bonds is 1. The maximum atomic E-state index is 13.8. The molecule has 0 bridgehead atoms. The SMILES string of the molecule is CC1(C)NCCC1(C)c1ccc(F)cc1F. The summed E-state index contributed by atoms with van der Waals surface area (Å²) < 4.78 is 26.7. The second-order valence-corrected chi connectivity index (χ2v) is 5.26. The van der Waals surface area contributed by atoms with Crippen molar-refractivity contribution in [3.63, 3.8) is 0 Å². The van der Waals surface area contributed by atoms with Crippen molar-refractivity contribution in [2.75, 3.05) is 6.54 Å². The fourth-order valence-corrected chi connectivity index (χ4v) is 2.54. The van der Waals surface area contributed by atoms with Gasteiger partial charge in [0.15, 0.2) is 0 Å². The predicted molar refractivity (Wildman–Crippen MR) is 60.4 cm³/mol. The van der Waals surface area contributed by atoms with Crippen LogP contribution in [0.25, 0.3) is 0 Å². The zero-order valence-electron chi connectivity index (χ0n) is 9.90. The largest absolute Gasteiger partial charge is 0.311 e. The molecule has 1 heterocycles. The molecule has 0 radical (unpaired) electrons. The van der Waals surface area contributed by atoms with Crippen molar-refractivity contribution in [1.82, 2.24) is 5.32 Å². The Hall–Kier alpha value is -0.960. The van der Waals surface area contributed by atoms with Gasteiger partial charge < -0.3 is 5.32 Å². The Morgan fingerprint density at radius 2 is 1.88 bits per heavy atom. The first-order valence-corrected chi connectivity index (χ1v) is 5.57. The van der Waals surface area contributed by atoms with Crippen LogP contribution in [0.5, 0.6) is 0 Å². The van der Waals surface area contributed by atoms with Crippen molar-refractivity contribution in [2.24, 2.45) is 0 Å². The molecule has 0 aliphatic carbocycles. The monoisotopic (exact) mass is 225 g/mol. The highest BCUT2D eigenvalue weighted by molar-refractivity contribution is 5.33. The van der Waals surface area contributed by atoms with Crippen LogP contribution in [0.15, 0.2) is 18.2 Å². The number of halogens is 2. The molecule has 1 atom stereocenters. The van der Waals surface area contributed by atoms with Gasteiger partial charge in [0.1, 0.15) is 11.6 Å². The molecule has 1 aliphatic rings. The molecule has 3 heteroatoms. The van der Waals surface area contributed by atoms with Gasteiger partial charge in [0, 0.05) is 17.0 Å². The van der Waals surface area contributed by atoms with Crippen molar-refractivity contribution < 1.29 is 8.78 Å². The fraction of sp³-hybridized carbons (Fsp3) is 0.538. The summed E-state index contributed by atoms with van der Waals surface area (Å²) in [5, 5.41) is 3.37. The normalized spacial score (nSPS) is 28.3. The summed E-state index contributed by atoms with van der Waals surface area (Å²) in [5.41, 5.74) is 0.139. The van der Waals surface area contributed by atoms with E-state index in [9.17, 15) is 8.78 Å². The molecule has 88 valence electrons. The molecule has 1 aromatic carbocycles. The van der Waals surface area contributed by atoms with Gasteiger partial charge >= 0.3 is 0 Å². The van der Waals surface area contributed by atoms with Crippen LogP contribution in [0.3, 0.4) is 0 Å². The van der Waals surface area contributed by atoms with Gasteiger partial charge in [-0.3, -0.25) is 0 Å². The summed E-state index contributed by atoms with van der Waals surface area (Å²) in [5.74, 6) is -0.965. The molecule has 0 spiro atoms. The van der Waals surface area contributed by atoms with Crippen LogP contribution in [0.1, 0.15) is 32.8 Å². The third kappa shape index (κ3) is 1.54. The summed E-state index contributed by atoms with van der Waals surface area (Å²) >= 11 is 0. The summed E-state index contributed by atoms with van der Waals surface area (Å²) in [7, 11) is 0. The number of hydrogen-bond donors (Lipinski definition) is 1. The van der Waals surface area contributed by atoms with Crippen LogP contribution < -0.4 is 5.32 Å². The number of benzene rings is 1. The molecule has 1 aromatic rings. The first-order valence-electron chi connectivity index (χ1n) is 5.57. The smallest absolute Gasteiger partial charge is 0.129 e. The van der Waals surface area contributed by atoms with Crippen molar-refractivity contribution >= 4 is 0 Å². The number of nitrogens with one attached hydrogen (secondary N) is 1. The minimum atomic E-state index is -0.520. The summed E-state index contributed by atoms with van der Waals surface area (Å²) in [6, 6.07) is 3.87. The van der Waals surface area contributed by atoms with Gasteiger partial charge in [-0.05, 0) is 38.4 Å². The highest BCUT2D eigenvalue weighted by atomic mass is 19.1.